The van der Waals surface area contributed by atoms with Crippen molar-refractivity contribution in [1.82, 2.24) is 0 Å². The van der Waals surface area contributed by atoms with Gasteiger partial charge in [0.05, 0.1) is 0 Å². The number of benzene rings is 1. The zero-order valence-corrected chi connectivity index (χ0v) is 12.1. The molecule has 1 aromatic rings. The lowest BCUT2D eigenvalue weighted by molar-refractivity contribution is 0.197. The van der Waals surface area contributed by atoms with Crippen molar-refractivity contribution in [2.24, 2.45) is 11.3 Å². The van der Waals surface area contributed by atoms with Crippen molar-refractivity contribution < 1.29 is 0 Å². The van der Waals surface area contributed by atoms with E-state index in [4.69, 9.17) is 0 Å². The van der Waals surface area contributed by atoms with Gasteiger partial charge in [-0.05, 0) is 49.0 Å². The molecule has 1 aromatic carbocycles. The second-order valence-corrected chi connectivity index (χ2v) is 6.69. The summed E-state index contributed by atoms with van der Waals surface area (Å²) < 4.78 is 0. The molecule has 0 unspecified atom stereocenters. The summed E-state index contributed by atoms with van der Waals surface area (Å²) in [7, 11) is 0. The molecule has 1 fully saturated rings. The molecule has 0 amide bonds. The predicted octanol–water partition coefficient (Wildman–Crippen LogP) is 5.39. The van der Waals surface area contributed by atoms with Gasteiger partial charge in [0, 0.05) is 0 Å². The molecule has 0 spiro atoms. The monoisotopic (exact) mass is 242 g/mol. The van der Waals surface area contributed by atoms with E-state index in [9.17, 15) is 0 Å². The summed E-state index contributed by atoms with van der Waals surface area (Å²) >= 11 is 0. The molecule has 2 rings (SSSR count). The maximum absolute atomic E-state index is 2.47. The van der Waals surface area contributed by atoms with Gasteiger partial charge in [-0.25, -0.2) is 0 Å². The van der Waals surface area contributed by atoms with Gasteiger partial charge in [-0.2, -0.15) is 0 Å². The molecule has 0 nitrogen and oxygen atoms in total. The van der Waals surface area contributed by atoms with Crippen molar-refractivity contribution in [3.05, 3.63) is 47.5 Å². The molecular weight excluding hydrogens is 216 g/mol. The van der Waals surface area contributed by atoms with Crippen LogP contribution in [-0.4, -0.2) is 0 Å². The summed E-state index contributed by atoms with van der Waals surface area (Å²) in [6.07, 6.45) is 8.96. The van der Waals surface area contributed by atoms with Crippen LogP contribution in [0.25, 0.3) is 0 Å². The van der Waals surface area contributed by atoms with Crippen molar-refractivity contribution >= 4 is 0 Å². The lowest BCUT2D eigenvalue weighted by Gasteiger charge is -2.34. The molecule has 0 radical (unpaired) electrons. The van der Waals surface area contributed by atoms with Gasteiger partial charge in [0.2, 0.25) is 0 Å². The van der Waals surface area contributed by atoms with Crippen LogP contribution < -0.4 is 0 Å². The van der Waals surface area contributed by atoms with Crippen molar-refractivity contribution in [1.29, 1.82) is 0 Å². The molecule has 0 bridgehead atoms. The fourth-order valence-electron chi connectivity index (χ4n) is 2.94. The average molecular weight is 242 g/mol. The van der Waals surface area contributed by atoms with E-state index in [1.807, 2.05) is 0 Å². The van der Waals surface area contributed by atoms with Gasteiger partial charge in [-0.3, -0.25) is 0 Å². The summed E-state index contributed by atoms with van der Waals surface area (Å²) in [5.41, 5.74) is 3.60. The molecule has 0 saturated heterocycles. The van der Waals surface area contributed by atoms with Crippen LogP contribution in [0.2, 0.25) is 0 Å². The number of hydrogen-bond acceptors (Lipinski definition) is 0. The average Bonchev–Trinajstić information content (AvgIpc) is 2.37. The lowest BCUT2D eigenvalue weighted by Crippen LogP contribution is -2.23. The van der Waals surface area contributed by atoms with Crippen LogP contribution in [0, 0.1) is 11.3 Å². The molecule has 1 aliphatic carbocycles. The largest absolute Gasteiger partial charge is 0.0809 e. The van der Waals surface area contributed by atoms with E-state index >= 15 is 0 Å². The Hall–Kier alpha value is -1.04. The zero-order valence-electron chi connectivity index (χ0n) is 12.1. The van der Waals surface area contributed by atoms with E-state index in [1.165, 1.54) is 31.2 Å². The van der Waals surface area contributed by atoms with Gasteiger partial charge in [0.15, 0.2) is 0 Å². The molecule has 1 aliphatic rings. The minimum Gasteiger partial charge on any atom is -0.0809 e. The Morgan fingerprint density at radius 1 is 1.06 bits per heavy atom. The molecule has 18 heavy (non-hydrogen) atoms. The van der Waals surface area contributed by atoms with Gasteiger partial charge in [0.25, 0.3) is 0 Å². The maximum Gasteiger partial charge on any atom is -0.00948 e. The Labute approximate surface area is 112 Å². The number of rotatable bonds is 2. The fourth-order valence-corrected chi connectivity index (χ4v) is 2.94. The minimum absolute atomic E-state index is 0.491. The summed E-state index contributed by atoms with van der Waals surface area (Å²) in [6.45, 7) is 7.16. The smallest absolute Gasteiger partial charge is 0.00948 e. The van der Waals surface area contributed by atoms with Gasteiger partial charge in [0.1, 0.15) is 0 Å². The Balaban J connectivity index is 1.86. The second kappa shape index (κ2) is 5.73. The van der Waals surface area contributed by atoms with Gasteiger partial charge < -0.3 is 0 Å². The first-order chi connectivity index (χ1) is 8.55. The minimum atomic E-state index is 0.491. The molecule has 0 aliphatic heterocycles. The molecule has 0 N–H and O–H groups in total. The summed E-state index contributed by atoms with van der Waals surface area (Å²) in [5.74, 6) is 0.909. The number of hydrogen-bond donors (Lipinski definition) is 0. The van der Waals surface area contributed by atoms with Gasteiger partial charge >= 0.3 is 0 Å². The van der Waals surface area contributed by atoms with Gasteiger partial charge in [-0.15, -0.1) is 0 Å². The van der Waals surface area contributed by atoms with Crippen LogP contribution in [0.15, 0.2) is 42.0 Å². The topological polar surface area (TPSA) is 0 Å². The highest BCUT2D eigenvalue weighted by Crippen LogP contribution is 2.39. The van der Waals surface area contributed by atoms with E-state index < -0.39 is 0 Å². The van der Waals surface area contributed by atoms with Crippen LogP contribution in [0.4, 0.5) is 0 Å². The molecule has 0 aromatic heterocycles. The maximum atomic E-state index is 2.47. The van der Waals surface area contributed by atoms with Crippen molar-refractivity contribution in [3.8, 4) is 0 Å². The predicted molar refractivity (Wildman–Crippen MR) is 79.6 cm³/mol. The first-order valence-electron chi connectivity index (χ1n) is 7.27. The summed E-state index contributed by atoms with van der Waals surface area (Å²) in [6, 6.07) is 10.8. The van der Waals surface area contributed by atoms with Crippen LogP contribution in [0.1, 0.15) is 52.0 Å². The molecule has 98 valence electrons. The molecule has 0 heteroatoms. The van der Waals surface area contributed by atoms with E-state index in [2.05, 4.69) is 57.2 Å². The first-order valence-corrected chi connectivity index (χ1v) is 7.27. The highest BCUT2D eigenvalue weighted by atomic mass is 14.3. The van der Waals surface area contributed by atoms with Crippen LogP contribution >= 0.6 is 0 Å². The van der Waals surface area contributed by atoms with Crippen LogP contribution in [0.3, 0.4) is 0 Å². The van der Waals surface area contributed by atoms with E-state index in [1.54, 1.807) is 5.57 Å². The molecular formula is C18H26. The third kappa shape index (κ3) is 3.73. The SMILES string of the molecule is CC(C)(C)C1CCC(=CCc2ccccc2)CC1. The summed E-state index contributed by atoms with van der Waals surface area (Å²) in [4.78, 5) is 0. The quantitative estimate of drug-likeness (QED) is 0.610. The lowest BCUT2D eigenvalue weighted by atomic mass is 9.71. The second-order valence-electron chi connectivity index (χ2n) is 6.69. The molecule has 0 heterocycles. The Morgan fingerprint density at radius 2 is 1.67 bits per heavy atom. The van der Waals surface area contributed by atoms with Crippen molar-refractivity contribution in [2.45, 2.75) is 52.9 Å². The third-order valence-electron chi connectivity index (χ3n) is 4.32. The molecule has 0 atom stereocenters. The number of allylic oxidation sites excluding steroid dienone is 2. The Morgan fingerprint density at radius 3 is 2.22 bits per heavy atom. The molecule has 1 saturated carbocycles. The first kappa shape index (κ1) is 13.4. The standard InChI is InChI=1S/C18H26/c1-18(2,3)17-13-11-16(12-14-17)10-9-15-7-5-4-6-8-15/h4-8,10,17H,9,11-14H2,1-3H3. The van der Waals surface area contributed by atoms with Crippen LogP contribution in [0.5, 0.6) is 0 Å². The van der Waals surface area contributed by atoms with Crippen molar-refractivity contribution in [2.75, 3.05) is 0 Å². The highest BCUT2D eigenvalue weighted by Gasteiger charge is 2.27. The van der Waals surface area contributed by atoms with Crippen molar-refractivity contribution in [3.63, 3.8) is 0 Å². The fraction of sp³-hybridized carbons (Fsp3) is 0.556. The normalized spacial score (nSPS) is 20.8. The van der Waals surface area contributed by atoms with Crippen LogP contribution in [-0.2, 0) is 6.42 Å². The third-order valence-corrected chi connectivity index (χ3v) is 4.32. The van der Waals surface area contributed by atoms with E-state index in [-0.39, 0.29) is 0 Å². The Bertz CT molecular complexity index is 382. The zero-order chi connectivity index (χ0) is 13.0. The van der Waals surface area contributed by atoms with Gasteiger partial charge in [-0.1, -0.05) is 62.8 Å². The van der Waals surface area contributed by atoms with E-state index in [0.29, 0.717) is 5.41 Å². The Kier molecular flexibility index (Phi) is 4.27. The highest BCUT2D eigenvalue weighted by molar-refractivity contribution is 5.19. The summed E-state index contributed by atoms with van der Waals surface area (Å²) in [5, 5.41) is 0. The van der Waals surface area contributed by atoms with E-state index in [0.717, 1.165) is 12.3 Å².